The molecule has 0 aliphatic carbocycles. The van der Waals surface area contributed by atoms with E-state index in [2.05, 4.69) is 0 Å². The van der Waals surface area contributed by atoms with E-state index in [1.54, 1.807) is 13.0 Å². The Kier molecular flexibility index (Phi) is 4.42. The average Bonchev–Trinajstić information content (AvgIpc) is 2.40. The molecule has 4 nitrogen and oxygen atoms in total. The quantitative estimate of drug-likeness (QED) is 0.796. The lowest BCUT2D eigenvalue weighted by molar-refractivity contribution is 0.327. The molecule has 0 saturated carbocycles. The van der Waals surface area contributed by atoms with Crippen molar-refractivity contribution in [3.8, 4) is 11.5 Å². The summed E-state index contributed by atoms with van der Waals surface area (Å²) in [5.41, 5.74) is 0. The Labute approximate surface area is 121 Å². The van der Waals surface area contributed by atoms with E-state index in [1.807, 2.05) is 0 Å². The number of hydrogen-bond acceptors (Lipinski definition) is 4. The molecule has 0 N–H and O–H groups in total. The largest absolute Gasteiger partial charge is 0.490 e. The molecule has 0 unspecified atom stereocenters. The molecule has 2 rings (SSSR count). The van der Waals surface area contributed by atoms with E-state index in [0.29, 0.717) is 0 Å². The Bertz CT molecular complexity index is 724. The standard InChI is InChI=1S/C14H12F2O4S/c1-2-19-12-8-3-4-9-13(12)20-21(17,18)14-10(15)6-5-7-11(14)16/h3-9H,2H2,1H3. The zero-order valence-corrected chi connectivity index (χ0v) is 11.9. The molecule has 2 aromatic carbocycles. The second-order valence-electron chi connectivity index (χ2n) is 3.97. The zero-order chi connectivity index (χ0) is 15.5. The van der Waals surface area contributed by atoms with Crippen LogP contribution in [0.2, 0.25) is 0 Å². The molecule has 0 spiro atoms. The Morgan fingerprint density at radius 2 is 1.52 bits per heavy atom. The van der Waals surface area contributed by atoms with Gasteiger partial charge in [-0.2, -0.15) is 8.42 Å². The van der Waals surface area contributed by atoms with E-state index < -0.39 is 26.6 Å². The molecule has 0 fully saturated rings. The van der Waals surface area contributed by atoms with Crippen LogP contribution in [0, 0.1) is 11.6 Å². The van der Waals surface area contributed by atoms with E-state index in [-0.39, 0.29) is 18.1 Å². The maximum absolute atomic E-state index is 13.6. The highest BCUT2D eigenvalue weighted by molar-refractivity contribution is 7.87. The molecule has 7 heteroatoms. The minimum absolute atomic E-state index is 0.137. The highest BCUT2D eigenvalue weighted by atomic mass is 32.2. The van der Waals surface area contributed by atoms with Gasteiger partial charge < -0.3 is 8.92 Å². The van der Waals surface area contributed by atoms with Crippen LogP contribution in [0.15, 0.2) is 47.4 Å². The highest BCUT2D eigenvalue weighted by Gasteiger charge is 2.27. The molecule has 0 saturated heterocycles. The number of para-hydroxylation sites is 2. The van der Waals surface area contributed by atoms with Gasteiger partial charge in [0.15, 0.2) is 16.4 Å². The topological polar surface area (TPSA) is 52.6 Å². The molecule has 0 aromatic heterocycles. The third kappa shape index (κ3) is 3.30. The van der Waals surface area contributed by atoms with Gasteiger partial charge in [0.05, 0.1) is 6.61 Å². The Morgan fingerprint density at radius 3 is 2.10 bits per heavy atom. The summed E-state index contributed by atoms with van der Waals surface area (Å²) in [6.07, 6.45) is 0. The molecule has 0 atom stereocenters. The van der Waals surface area contributed by atoms with E-state index in [4.69, 9.17) is 8.92 Å². The van der Waals surface area contributed by atoms with Crippen molar-refractivity contribution >= 4 is 10.1 Å². The van der Waals surface area contributed by atoms with Gasteiger partial charge in [-0.15, -0.1) is 0 Å². The molecular formula is C14H12F2O4S. The van der Waals surface area contributed by atoms with Crippen LogP contribution >= 0.6 is 0 Å². The van der Waals surface area contributed by atoms with E-state index in [1.165, 1.54) is 18.2 Å². The SMILES string of the molecule is CCOc1ccccc1OS(=O)(=O)c1c(F)cccc1F. The lowest BCUT2D eigenvalue weighted by atomic mass is 10.3. The third-order valence-electron chi connectivity index (χ3n) is 2.52. The van der Waals surface area contributed by atoms with Crippen LogP contribution in [0.4, 0.5) is 8.78 Å². The van der Waals surface area contributed by atoms with E-state index in [9.17, 15) is 17.2 Å². The maximum atomic E-state index is 13.6. The van der Waals surface area contributed by atoms with Crippen molar-refractivity contribution in [2.24, 2.45) is 0 Å². The minimum Gasteiger partial charge on any atom is -0.490 e. The number of halogens is 2. The van der Waals surface area contributed by atoms with E-state index >= 15 is 0 Å². The summed E-state index contributed by atoms with van der Waals surface area (Å²) in [5, 5.41) is 0. The number of benzene rings is 2. The first-order valence-electron chi connectivity index (χ1n) is 6.06. The number of hydrogen-bond donors (Lipinski definition) is 0. The van der Waals surface area contributed by atoms with Gasteiger partial charge in [0.25, 0.3) is 0 Å². The van der Waals surface area contributed by atoms with Crippen molar-refractivity contribution in [2.75, 3.05) is 6.61 Å². The number of rotatable bonds is 5. The second kappa shape index (κ2) is 6.09. The molecule has 21 heavy (non-hydrogen) atoms. The van der Waals surface area contributed by atoms with Crippen molar-refractivity contribution in [1.29, 1.82) is 0 Å². The molecule has 0 aliphatic heterocycles. The van der Waals surface area contributed by atoms with Gasteiger partial charge in [-0.1, -0.05) is 18.2 Å². The monoisotopic (exact) mass is 314 g/mol. The van der Waals surface area contributed by atoms with Crippen LogP contribution in [-0.4, -0.2) is 15.0 Å². The van der Waals surface area contributed by atoms with Crippen molar-refractivity contribution in [1.82, 2.24) is 0 Å². The molecule has 0 amide bonds. The molecule has 0 heterocycles. The summed E-state index contributed by atoms with van der Waals surface area (Å²) in [5.74, 6) is -2.41. The molecule has 2 aromatic rings. The summed E-state index contributed by atoms with van der Waals surface area (Å²) in [7, 11) is -4.65. The summed E-state index contributed by atoms with van der Waals surface area (Å²) < 4.78 is 61.2. The first kappa shape index (κ1) is 15.2. The summed E-state index contributed by atoms with van der Waals surface area (Å²) >= 11 is 0. The summed E-state index contributed by atoms with van der Waals surface area (Å²) in [6, 6.07) is 8.71. The fourth-order valence-electron chi connectivity index (χ4n) is 1.67. The van der Waals surface area contributed by atoms with Crippen LogP contribution in [0.3, 0.4) is 0 Å². The Balaban J connectivity index is 2.43. The van der Waals surface area contributed by atoms with Crippen molar-refractivity contribution in [3.63, 3.8) is 0 Å². The van der Waals surface area contributed by atoms with Gasteiger partial charge >= 0.3 is 10.1 Å². The lowest BCUT2D eigenvalue weighted by Gasteiger charge is -2.12. The highest BCUT2D eigenvalue weighted by Crippen LogP contribution is 2.30. The minimum atomic E-state index is -4.65. The first-order valence-corrected chi connectivity index (χ1v) is 7.47. The van der Waals surface area contributed by atoms with Gasteiger partial charge in [0.2, 0.25) is 0 Å². The van der Waals surface area contributed by atoms with Gasteiger partial charge in [0.1, 0.15) is 11.6 Å². The average molecular weight is 314 g/mol. The van der Waals surface area contributed by atoms with Gasteiger partial charge in [-0.3, -0.25) is 0 Å². The van der Waals surface area contributed by atoms with E-state index in [0.717, 1.165) is 18.2 Å². The molecule has 112 valence electrons. The Morgan fingerprint density at radius 1 is 0.952 bits per heavy atom. The van der Waals surface area contributed by atoms with Crippen LogP contribution in [-0.2, 0) is 10.1 Å². The maximum Gasteiger partial charge on any atom is 0.345 e. The smallest absolute Gasteiger partial charge is 0.345 e. The normalized spacial score (nSPS) is 11.2. The fraction of sp³-hybridized carbons (Fsp3) is 0.143. The molecular weight excluding hydrogens is 302 g/mol. The Hall–Kier alpha value is -2.15. The lowest BCUT2D eigenvalue weighted by Crippen LogP contribution is -2.14. The van der Waals surface area contributed by atoms with Crippen LogP contribution in [0.25, 0.3) is 0 Å². The predicted octanol–water partition coefficient (Wildman–Crippen LogP) is 3.13. The van der Waals surface area contributed by atoms with Crippen LogP contribution < -0.4 is 8.92 Å². The molecule has 0 aliphatic rings. The molecule has 0 radical (unpaired) electrons. The summed E-state index contributed by atoms with van der Waals surface area (Å²) in [4.78, 5) is -1.13. The van der Waals surface area contributed by atoms with Gasteiger partial charge in [-0.25, -0.2) is 8.78 Å². The van der Waals surface area contributed by atoms with Crippen molar-refractivity contribution < 1.29 is 26.1 Å². The third-order valence-corrected chi connectivity index (χ3v) is 3.81. The fourth-order valence-corrected chi connectivity index (χ4v) is 2.75. The summed E-state index contributed by atoms with van der Waals surface area (Å²) in [6.45, 7) is 2.00. The van der Waals surface area contributed by atoms with Crippen LogP contribution in [0.5, 0.6) is 11.5 Å². The van der Waals surface area contributed by atoms with Crippen molar-refractivity contribution in [2.45, 2.75) is 11.8 Å². The predicted molar refractivity (Wildman–Crippen MR) is 71.8 cm³/mol. The second-order valence-corrected chi connectivity index (χ2v) is 5.45. The van der Waals surface area contributed by atoms with Crippen molar-refractivity contribution in [3.05, 3.63) is 54.1 Å². The van der Waals surface area contributed by atoms with Gasteiger partial charge in [-0.05, 0) is 31.2 Å². The van der Waals surface area contributed by atoms with Gasteiger partial charge in [0, 0.05) is 0 Å². The van der Waals surface area contributed by atoms with Crippen LogP contribution in [0.1, 0.15) is 6.92 Å². The first-order chi connectivity index (χ1) is 9.95. The zero-order valence-electron chi connectivity index (χ0n) is 11.0. The molecule has 0 bridgehead atoms. The number of ether oxygens (including phenoxy) is 1.